The predicted molar refractivity (Wildman–Crippen MR) is 108 cm³/mol. The molecule has 0 heterocycles. The van der Waals surface area contributed by atoms with Crippen molar-refractivity contribution in [2.24, 2.45) is 0 Å². The summed E-state index contributed by atoms with van der Waals surface area (Å²) in [4.78, 5) is 12.4. The van der Waals surface area contributed by atoms with Gasteiger partial charge < -0.3 is 5.32 Å². The zero-order valence-electron chi connectivity index (χ0n) is 15.3. The van der Waals surface area contributed by atoms with Gasteiger partial charge in [-0.25, -0.2) is 8.42 Å². The number of hydrogen-bond acceptors (Lipinski definition) is 3. The summed E-state index contributed by atoms with van der Waals surface area (Å²) in [6, 6.07) is 10.8. The molecule has 0 unspecified atom stereocenters. The van der Waals surface area contributed by atoms with Crippen LogP contribution in [0.3, 0.4) is 0 Å². The maximum Gasteiger partial charge on any atom is 0.232 e. The SMILES string of the molecule is Cc1ccc(Cl)cc1N(CCC(=O)Nc1c(C)cccc1C)S(C)(=O)=O. The van der Waals surface area contributed by atoms with Crippen LogP contribution in [0.1, 0.15) is 23.1 Å². The average molecular weight is 395 g/mol. The number of halogens is 1. The third-order valence-electron chi connectivity index (χ3n) is 4.13. The monoisotopic (exact) mass is 394 g/mol. The summed E-state index contributed by atoms with van der Waals surface area (Å²) >= 11 is 6.02. The number of sulfonamides is 1. The van der Waals surface area contributed by atoms with Gasteiger partial charge in [-0.2, -0.15) is 0 Å². The maximum atomic E-state index is 12.4. The van der Waals surface area contributed by atoms with E-state index in [1.165, 1.54) is 4.31 Å². The predicted octanol–water partition coefficient (Wildman–Crippen LogP) is 4.06. The molecule has 7 heteroatoms. The van der Waals surface area contributed by atoms with Gasteiger partial charge in [0.15, 0.2) is 0 Å². The molecule has 0 radical (unpaired) electrons. The fourth-order valence-corrected chi connectivity index (χ4v) is 3.88. The Labute approximate surface area is 160 Å². The van der Waals surface area contributed by atoms with Crippen LogP contribution in [-0.2, 0) is 14.8 Å². The van der Waals surface area contributed by atoms with Crippen LogP contribution in [-0.4, -0.2) is 27.1 Å². The lowest BCUT2D eigenvalue weighted by atomic mass is 10.1. The van der Waals surface area contributed by atoms with E-state index >= 15 is 0 Å². The molecule has 0 bridgehead atoms. The molecule has 0 spiro atoms. The largest absolute Gasteiger partial charge is 0.326 e. The number of nitrogens with one attached hydrogen (secondary N) is 1. The Morgan fingerprint density at radius 1 is 1.08 bits per heavy atom. The molecule has 0 aliphatic carbocycles. The molecule has 0 atom stereocenters. The van der Waals surface area contributed by atoms with E-state index in [4.69, 9.17) is 11.6 Å². The molecule has 0 aliphatic heterocycles. The molecule has 2 aromatic rings. The van der Waals surface area contributed by atoms with Crippen molar-refractivity contribution in [2.45, 2.75) is 27.2 Å². The number of carbonyl (C=O) groups is 1. The normalized spacial score (nSPS) is 11.3. The molecule has 26 heavy (non-hydrogen) atoms. The number of aryl methyl sites for hydroxylation is 3. The average Bonchev–Trinajstić information content (AvgIpc) is 2.53. The third-order valence-corrected chi connectivity index (χ3v) is 5.54. The molecule has 0 aliphatic rings. The molecular formula is C19H23ClN2O3S. The van der Waals surface area contributed by atoms with Crippen LogP contribution in [0.15, 0.2) is 36.4 Å². The van der Waals surface area contributed by atoms with Crippen LogP contribution in [0.5, 0.6) is 0 Å². The molecule has 0 fully saturated rings. The van der Waals surface area contributed by atoms with E-state index in [2.05, 4.69) is 5.32 Å². The zero-order valence-corrected chi connectivity index (χ0v) is 16.9. The Morgan fingerprint density at radius 2 is 1.69 bits per heavy atom. The summed E-state index contributed by atoms with van der Waals surface area (Å²) in [5.41, 5.74) is 3.95. The Balaban J connectivity index is 2.18. The molecule has 5 nitrogen and oxygen atoms in total. The van der Waals surface area contributed by atoms with Crippen molar-refractivity contribution in [1.82, 2.24) is 0 Å². The highest BCUT2D eigenvalue weighted by Crippen LogP contribution is 2.26. The summed E-state index contributed by atoms with van der Waals surface area (Å²) < 4.78 is 25.7. The van der Waals surface area contributed by atoms with Crippen LogP contribution in [0.4, 0.5) is 11.4 Å². The van der Waals surface area contributed by atoms with Gasteiger partial charge in [0.05, 0.1) is 11.9 Å². The molecule has 2 aromatic carbocycles. The number of carbonyl (C=O) groups excluding carboxylic acids is 1. The fraction of sp³-hybridized carbons (Fsp3) is 0.316. The second-order valence-electron chi connectivity index (χ2n) is 6.33. The van der Waals surface area contributed by atoms with Gasteiger partial charge in [-0.1, -0.05) is 35.9 Å². The molecule has 0 aromatic heterocycles. The summed E-state index contributed by atoms with van der Waals surface area (Å²) in [7, 11) is -3.55. The standard InChI is InChI=1S/C19H23ClN2O3S/c1-13-8-9-16(20)12-17(13)22(26(4,24)25)11-10-18(23)21-19-14(2)6-5-7-15(19)3/h5-9,12H,10-11H2,1-4H3,(H,21,23). The van der Waals surface area contributed by atoms with E-state index in [1.54, 1.807) is 25.1 Å². The first-order valence-electron chi connectivity index (χ1n) is 8.19. The third kappa shape index (κ3) is 4.99. The molecule has 0 saturated heterocycles. The first-order valence-corrected chi connectivity index (χ1v) is 10.4. The molecule has 1 N–H and O–H groups in total. The van der Waals surface area contributed by atoms with E-state index in [0.29, 0.717) is 10.7 Å². The molecule has 140 valence electrons. The first-order chi connectivity index (χ1) is 12.1. The summed E-state index contributed by atoms with van der Waals surface area (Å²) in [5, 5.41) is 3.32. The van der Waals surface area contributed by atoms with Crippen LogP contribution in [0.25, 0.3) is 0 Å². The minimum Gasteiger partial charge on any atom is -0.326 e. The van der Waals surface area contributed by atoms with Gasteiger partial charge in [-0.05, 0) is 49.6 Å². The Kier molecular flexibility index (Phi) is 6.31. The number of amides is 1. The summed E-state index contributed by atoms with van der Waals surface area (Å²) in [6.07, 6.45) is 1.16. The minimum absolute atomic E-state index is 0.0345. The van der Waals surface area contributed by atoms with Crippen molar-refractivity contribution in [3.05, 3.63) is 58.1 Å². The Hall–Kier alpha value is -2.05. The second-order valence-corrected chi connectivity index (χ2v) is 8.67. The highest BCUT2D eigenvalue weighted by molar-refractivity contribution is 7.92. The van der Waals surface area contributed by atoms with Crippen LogP contribution < -0.4 is 9.62 Å². The van der Waals surface area contributed by atoms with Crippen molar-refractivity contribution in [2.75, 3.05) is 22.4 Å². The Bertz CT molecular complexity index is 906. The quantitative estimate of drug-likeness (QED) is 0.803. The minimum atomic E-state index is -3.55. The molecule has 2 rings (SSSR count). The van der Waals surface area contributed by atoms with E-state index in [0.717, 1.165) is 28.6 Å². The molecule has 0 saturated carbocycles. The van der Waals surface area contributed by atoms with Crippen molar-refractivity contribution >= 4 is 38.9 Å². The van der Waals surface area contributed by atoms with Crippen LogP contribution in [0.2, 0.25) is 5.02 Å². The van der Waals surface area contributed by atoms with Gasteiger partial charge in [0.25, 0.3) is 0 Å². The van der Waals surface area contributed by atoms with Crippen molar-refractivity contribution in [3.63, 3.8) is 0 Å². The number of para-hydroxylation sites is 1. The smallest absolute Gasteiger partial charge is 0.232 e. The molecular weight excluding hydrogens is 372 g/mol. The van der Waals surface area contributed by atoms with Gasteiger partial charge in [-0.15, -0.1) is 0 Å². The van der Waals surface area contributed by atoms with Crippen molar-refractivity contribution < 1.29 is 13.2 Å². The lowest BCUT2D eigenvalue weighted by molar-refractivity contribution is -0.116. The highest BCUT2D eigenvalue weighted by atomic mass is 35.5. The second kappa shape index (κ2) is 8.10. The van der Waals surface area contributed by atoms with Gasteiger partial charge in [-0.3, -0.25) is 9.10 Å². The van der Waals surface area contributed by atoms with Crippen molar-refractivity contribution in [1.29, 1.82) is 0 Å². The van der Waals surface area contributed by atoms with E-state index in [1.807, 2.05) is 32.0 Å². The van der Waals surface area contributed by atoms with Gasteiger partial charge >= 0.3 is 0 Å². The topological polar surface area (TPSA) is 66.5 Å². The fourth-order valence-electron chi connectivity index (χ4n) is 2.73. The lowest BCUT2D eigenvalue weighted by Crippen LogP contribution is -2.33. The van der Waals surface area contributed by atoms with E-state index in [9.17, 15) is 13.2 Å². The number of hydrogen-bond donors (Lipinski definition) is 1. The van der Waals surface area contributed by atoms with E-state index < -0.39 is 10.0 Å². The lowest BCUT2D eigenvalue weighted by Gasteiger charge is -2.24. The molecule has 1 amide bonds. The van der Waals surface area contributed by atoms with E-state index in [-0.39, 0.29) is 18.9 Å². The zero-order chi connectivity index (χ0) is 19.5. The number of anilines is 2. The number of rotatable bonds is 6. The van der Waals surface area contributed by atoms with Crippen LogP contribution >= 0.6 is 11.6 Å². The number of benzene rings is 2. The maximum absolute atomic E-state index is 12.4. The first kappa shape index (κ1) is 20.3. The van der Waals surface area contributed by atoms with Crippen LogP contribution in [0, 0.1) is 20.8 Å². The Morgan fingerprint density at radius 3 is 2.27 bits per heavy atom. The summed E-state index contributed by atoms with van der Waals surface area (Å²) in [5.74, 6) is -0.240. The van der Waals surface area contributed by atoms with Gasteiger partial charge in [0, 0.05) is 23.7 Å². The van der Waals surface area contributed by atoms with Crippen molar-refractivity contribution in [3.8, 4) is 0 Å². The number of nitrogens with zero attached hydrogens (tertiary/aromatic N) is 1. The highest BCUT2D eigenvalue weighted by Gasteiger charge is 2.21. The van der Waals surface area contributed by atoms with Gasteiger partial charge in [0.2, 0.25) is 15.9 Å². The summed E-state index contributed by atoms with van der Waals surface area (Å²) in [6.45, 7) is 5.68. The van der Waals surface area contributed by atoms with Gasteiger partial charge in [0.1, 0.15) is 0 Å².